The normalized spacial score (nSPS) is 18.9. The largest absolute Gasteiger partial charge is 0.419 e. The molecule has 0 spiro atoms. The molecule has 0 N–H and O–H groups in total. The van der Waals surface area contributed by atoms with E-state index < -0.39 is 0 Å². The third-order valence-electron chi connectivity index (χ3n) is 4.76. The minimum atomic E-state index is -0.0840. The van der Waals surface area contributed by atoms with Gasteiger partial charge in [-0.25, -0.2) is 4.68 Å². The highest BCUT2D eigenvalue weighted by Crippen LogP contribution is 2.58. The zero-order valence-corrected chi connectivity index (χ0v) is 14.1. The molecule has 0 aliphatic heterocycles. The van der Waals surface area contributed by atoms with Crippen LogP contribution in [0.3, 0.4) is 0 Å². The first-order chi connectivity index (χ1) is 11.5. The van der Waals surface area contributed by atoms with Crippen LogP contribution in [0.25, 0.3) is 22.4 Å². The summed E-state index contributed by atoms with van der Waals surface area (Å²) in [6.07, 6.45) is 1.88. The van der Waals surface area contributed by atoms with Crippen LogP contribution in [0.1, 0.15) is 45.4 Å². The molecule has 0 saturated heterocycles. The fourth-order valence-corrected chi connectivity index (χ4v) is 3.12. The summed E-state index contributed by atoms with van der Waals surface area (Å²) >= 11 is 0. The molecule has 1 saturated carbocycles. The number of nitrogens with zero attached hydrogens (tertiary/aromatic N) is 4. The van der Waals surface area contributed by atoms with Crippen LogP contribution in [0.2, 0.25) is 0 Å². The van der Waals surface area contributed by atoms with E-state index in [1.807, 2.05) is 31.2 Å². The van der Waals surface area contributed by atoms with Gasteiger partial charge in [-0.1, -0.05) is 39.0 Å². The quantitative estimate of drug-likeness (QED) is 0.735. The monoisotopic (exact) mass is 324 g/mol. The van der Waals surface area contributed by atoms with Crippen molar-refractivity contribution in [2.45, 2.75) is 46.1 Å². The zero-order chi connectivity index (χ0) is 16.9. The molecule has 1 aliphatic rings. The van der Waals surface area contributed by atoms with Gasteiger partial charge in [-0.3, -0.25) is 4.79 Å². The average Bonchev–Trinajstić information content (AvgIpc) is 2.98. The topological polar surface area (TPSA) is 73.8 Å². The first-order valence-electron chi connectivity index (χ1n) is 8.35. The van der Waals surface area contributed by atoms with Crippen molar-refractivity contribution < 1.29 is 4.42 Å². The molecule has 2 aromatic heterocycles. The summed E-state index contributed by atoms with van der Waals surface area (Å²) in [7, 11) is 0. The molecule has 6 nitrogen and oxygen atoms in total. The Kier molecular flexibility index (Phi) is 3.30. The number of hydrogen-bond acceptors (Lipinski definition) is 5. The summed E-state index contributed by atoms with van der Waals surface area (Å²) in [6.45, 7) is 6.96. The summed E-state index contributed by atoms with van der Waals surface area (Å²) in [5.41, 5.74) is 0.718. The molecular weight excluding hydrogens is 304 g/mol. The Morgan fingerprint density at radius 3 is 2.62 bits per heavy atom. The van der Waals surface area contributed by atoms with E-state index in [4.69, 9.17) is 4.42 Å². The lowest BCUT2D eigenvalue weighted by atomic mass is 10.1. The van der Waals surface area contributed by atoms with Gasteiger partial charge in [0.15, 0.2) is 5.69 Å². The van der Waals surface area contributed by atoms with E-state index in [0.29, 0.717) is 35.3 Å². The number of rotatable bonds is 4. The molecule has 2 heterocycles. The lowest BCUT2D eigenvalue weighted by Gasteiger charge is -2.07. The molecule has 1 unspecified atom stereocenters. The Morgan fingerprint density at radius 2 is 1.96 bits per heavy atom. The number of fused-ring (bicyclic) bond motifs is 1. The highest BCUT2D eigenvalue weighted by atomic mass is 16.4. The van der Waals surface area contributed by atoms with Crippen LogP contribution >= 0.6 is 0 Å². The van der Waals surface area contributed by atoms with Gasteiger partial charge in [-0.15, -0.1) is 10.2 Å². The highest BCUT2D eigenvalue weighted by Gasteiger charge is 2.50. The van der Waals surface area contributed by atoms with Gasteiger partial charge in [0.1, 0.15) is 0 Å². The standard InChI is InChI=1S/C18H20N4O2/c1-4-9-22-17(23)12-8-6-5-7-11(12)14(21-22)16-20-19-15(24-16)13-10-18(13,2)3/h5-8,13H,4,9-10H2,1-3H3. The van der Waals surface area contributed by atoms with Crippen LogP contribution in [-0.2, 0) is 6.54 Å². The first-order valence-corrected chi connectivity index (χ1v) is 8.35. The second-order valence-electron chi connectivity index (χ2n) is 7.11. The highest BCUT2D eigenvalue weighted by molar-refractivity contribution is 5.91. The Hall–Kier alpha value is -2.50. The van der Waals surface area contributed by atoms with Crippen LogP contribution in [-0.4, -0.2) is 20.0 Å². The van der Waals surface area contributed by atoms with Crippen molar-refractivity contribution in [2.75, 3.05) is 0 Å². The van der Waals surface area contributed by atoms with E-state index in [-0.39, 0.29) is 11.0 Å². The minimum absolute atomic E-state index is 0.0840. The van der Waals surface area contributed by atoms with Gasteiger partial charge in [0.25, 0.3) is 11.4 Å². The zero-order valence-electron chi connectivity index (χ0n) is 14.1. The molecule has 1 aliphatic carbocycles. The minimum Gasteiger partial charge on any atom is -0.419 e. The third-order valence-corrected chi connectivity index (χ3v) is 4.76. The summed E-state index contributed by atoms with van der Waals surface area (Å²) in [6, 6.07) is 7.44. The Labute approximate surface area is 139 Å². The van der Waals surface area contributed by atoms with Gasteiger partial charge < -0.3 is 4.42 Å². The van der Waals surface area contributed by atoms with Gasteiger partial charge in [0.05, 0.1) is 5.39 Å². The Bertz CT molecular complexity index is 971. The maximum absolute atomic E-state index is 12.5. The summed E-state index contributed by atoms with van der Waals surface area (Å²) in [5.74, 6) is 1.36. The van der Waals surface area contributed by atoms with E-state index in [1.54, 1.807) is 0 Å². The smallest absolute Gasteiger partial charge is 0.274 e. The van der Waals surface area contributed by atoms with Crippen molar-refractivity contribution in [1.82, 2.24) is 20.0 Å². The summed E-state index contributed by atoms with van der Waals surface area (Å²) in [5, 5.41) is 14.3. The molecule has 1 atom stereocenters. The van der Waals surface area contributed by atoms with E-state index in [2.05, 4.69) is 29.1 Å². The van der Waals surface area contributed by atoms with Crippen LogP contribution in [0.15, 0.2) is 33.5 Å². The van der Waals surface area contributed by atoms with Crippen molar-refractivity contribution in [3.63, 3.8) is 0 Å². The number of aryl methyl sites for hydroxylation is 1. The van der Waals surface area contributed by atoms with Gasteiger partial charge in [-0.2, -0.15) is 5.10 Å². The maximum Gasteiger partial charge on any atom is 0.274 e. The van der Waals surface area contributed by atoms with Gasteiger partial charge in [0, 0.05) is 17.8 Å². The lowest BCUT2D eigenvalue weighted by molar-refractivity contribution is 0.473. The van der Waals surface area contributed by atoms with Crippen LogP contribution in [0.4, 0.5) is 0 Å². The number of hydrogen-bond donors (Lipinski definition) is 0. The number of benzene rings is 1. The summed E-state index contributed by atoms with van der Waals surface area (Å²) < 4.78 is 7.40. The Balaban J connectivity index is 1.87. The van der Waals surface area contributed by atoms with E-state index in [1.165, 1.54) is 4.68 Å². The molecule has 1 fully saturated rings. The van der Waals surface area contributed by atoms with Crippen molar-refractivity contribution in [3.05, 3.63) is 40.5 Å². The van der Waals surface area contributed by atoms with E-state index in [9.17, 15) is 4.79 Å². The SMILES string of the molecule is CCCn1nc(-c2nnc(C3CC3(C)C)o2)c2ccccc2c1=O. The molecule has 0 bridgehead atoms. The molecule has 6 heteroatoms. The molecule has 4 rings (SSSR count). The maximum atomic E-state index is 12.5. The van der Waals surface area contributed by atoms with E-state index >= 15 is 0 Å². The first kappa shape index (κ1) is 15.1. The van der Waals surface area contributed by atoms with Crippen LogP contribution in [0.5, 0.6) is 0 Å². The molecule has 0 radical (unpaired) electrons. The summed E-state index contributed by atoms with van der Waals surface area (Å²) in [4.78, 5) is 12.5. The van der Waals surface area contributed by atoms with Crippen molar-refractivity contribution in [1.29, 1.82) is 0 Å². The molecule has 24 heavy (non-hydrogen) atoms. The van der Waals surface area contributed by atoms with E-state index in [0.717, 1.165) is 18.2 Å². The van der Waals surface area contributed by atoms with Gasteiger partial charge >= 0.3 is 0 Å². The van der Waals surface area contributed by atoms with Crippen molar-refractivity contribution >= 4 is 10.8 Å². The predicted molar refractivity (Wildman–Crippen MR) is 90.7 cm³/mol. The fraction of sp³-hybridized carbons (Fsp3) is 0.444. The van der Waals surface area contributed by atoms with Gasteiger partial charge in [-0.05, 0) is 24.3 Å². The van der Waals surface area contributed by atoms with Crippen LogP contribution in [0, 0.1) is 5.41 Å². The van der Waals surface area contributed by atoms with Crippen molar-refractivity contribution in [2.24, 2.45) is 5.41 Å². The molecule has 124 valence electrons. The second-order valence-corrected chi connectivity index (χ2v) is 7.11. The molecule has 3 aromatic rings. The fourth-order valence-electron chi connectivity index (χ4n) is 3.12. The van der Waals surface area contributed by atoms with Crippen LogP contribution < -0.4 is 5.56 Å². The lowest BCUT2D eigenvalue weighted by Crippen LogP contribution is -2.23. The Morgan fingerprint density at radius 1 is 1.25 bits per heavy atom. The predicted octanol–water partition coefficient (Wildman–Crippen LogP) is 3.37. The third kappa shape index (κ3) is 2.33. The molecule has 1 aromatic carbocycles. The average molecular weight is 324 g/mol. The molecule has 0 amide bonds. The molecular formula is C18H20N4O2. The van der Waals surface area contributed by atoms with Gasteiger partial charge in [0.2, 0.25) is 5.89 Å². The van der Waals surface area contributed by atoms with Crippen molar-refractivity contribution in [3.8, 4) is 11.6 Å². The number of aromatic nitrogens is 4. The second kappa shape index (κ2) is 5.26.